The normalized spacial score (nSPS) is 14.1. The number of alkyl halides is 3. The van der Waals surface area contributed by atoms with Gasteiger partial charge in [0.25, 0.3) is 5.56 Å². The molecule has 0 saturated carbocycles. The van der Waals surface area contributed by atoms with Crippen LogP contribution >= 0.6 is 0 Å². The number of fused-ring (bicyclic) bond motifs is 1. The molecule has 0 unspecified atom stereocenters. The summed E-state index contributed by atoms with van der Waals surface area (Å²) in [4.78, 5) is 16.0. The van der Waals surface area contributed by atoms with E-state index in [1.807, 2.05) is 19.0 Å². The number of benzene rings is 1. The van der Waals surface area contributed by atoms with Crippen molar-refractivity contribution in [2.24, 2.45) is 0 Å². The van der Waals surface area contributed by atoms with Crippen LogP contribution in [0.4, 0.5) is 23.2 Å². The van der Waals surface area contributed by atoms with E-state index < -0.39 is 31.2 Å². The Labute approximate surface area is 203 Å². The molecule has 0 fully saturated rings. The van der Waals surface area contributed by atoms with Crippen molar-refractivity contribution in [1.82, 2.24) is 14.7 Å². The first-order valence-corrected chi connectivity index (χ1v) is 15.1. The maximum atomic E-state index is 14.5. The lowest BCUT2D eigenvalue weighted by molar-refractivity contribution is -0.138. The van der Waals surface area contributed by atoms with Crippen LogP contribution in [0.2, 0.25) is 25.7 Å². The summed E-state index contributed by atoms with van der Waals surface area (Å²) in [7, 11) is 2.34. The van der Waals surface area contributed by atoms with E-state index >= 15 is 0 Å². The first kappa shape index (κ1) is 27.1. The van der Waals surface area contributed by atoms with Crippen LogP contribution in [0, 0.1) is 5.82 Å². The number of halogens is 4. The Bertz CT molecular complexity index is 1100. The van der Waals surface area contributed by atoms with Gasteiger partial charge in [0.1, 0.15) is 18.9 Å². The zero-order valence-corrected chi connectivity index (χ0v) is 21.7. The van der Waals surface area contributed by atoms with E-state index in [4.69, 9.17) is 9.47 Å². The second-order valence-electron chi connectivity index (χ2n) is 10.1. The van der Waals surface area contributed by atoms with Crippen molar-refractivity contribution in [3.05, 3.63) is 51.2 Å². The molecule has 35 heavy (non-hydrogen) atoms. The molecule has 1 aromatic heterocycles. The van der Waals surface area contributed by atoms with Crippen molar-refractivity contribution in [1.29, 1.82) is 0 Å². The summed E-state index contributed by atoms with van der Waals surface area (Å²) in [5, 5.41) is 3.93. The van der Waals surface area contributed by atoms with Gasteiger partial charge in [0.2, 0.25) is 0 Å². The Morgan fingerprint density at radius 3 is 2.37 bits per heavy atom. The molecule has 12 heteroatoms. The Morgan fingerprint density at radius 2 is 1.77 bits per heavy atom. The van der Waals surface area contributed by atoms with Crippen molar-refractivity contribution < 1.29 is 27.0 Å². The summed E-state index contributed by atoms with van der Waals surface area (Å²) in [6.07, 6.45) is -3.86. The van der Waals surface area contributed by atoms with E-state index in [1.165, 1.54) is 17.0 Å². The summed E-state index contributed by atoms with van der Waals surface area (Å²) >= 11 is 0. The van der Waals surface area contributed by atoms with E-state index in [0.717, 1.165) is 12.2 Å². The van der Waals surface area contributed by atoms with Gasteiger partial charge >= 0.3 is 6.18 Å². The average molecular weight is 517 g/mol. The predicted molar refractivity (Wildman–Crippen MR) is 128 cm³/mol. The Kier molecular flexibility index (Phi) is 8.27. The highest BCUT2D eigenvalue weighted by atomic mass is 28.3. The summed E-state index contributed by atoms with van der Waals surface area (Å²) in [6, 6.07) is 3.60. The second kappa shape index (κ2) is 10.7. The molecular formula is C23H32F4N4O3Si. The van der Waals surface area contributed by atoms with Crippen molar-refractivity contribution in [3.8, 4) is 5.75 Å². The summed E-state index contributed by atoms with van der Waals surface area (Å²) < 4.78 is 68.0. The maximum Gasteiger partial charge on any atom is 0.423 e. The summed E-state index contributed by atoms with van der Waals surface area (Å²) in [6.45, 7) is 7.38. The fraction of sp³-hybridized carbons (Fsp3) is 0.565. The van der Waals surface area contributed by atoms with E-state index in [0.29, 0.717) is 29.0 Å². The highest BCUT2D eigenvalue weighted by molar-refractivity contribution is 6.76. The third-order valence-electron chi connectivity index (χ3n) is 5.63. The fourth-order valence-electron chi connectivity index (χ4n) is 3.62. The van der Waals surface area contributed by atoms with Gasteiger partial charge in [-0.15, -0.1) is 0 Å². The van der Waals surface area contributed by atoms with E-state index in [2.05, 4.69) is 24.7 Å². The molecule has 194 valence electrons. The van der Waals surface area contributed by atoms with Gasteiger partial charge in [-0.05, 0) is 43.4 Å². The number of anilines is 1. The minimum atomic E-state index is -4.89. The minimum absolute atomic E-state index is 0.0190. The minimum Gasteiger partial charge on any atom is -0.489 e. The van der Waals surface area contributed by atoms with Crippen LogP contribution in [0.1, 0.15) is 16.7 Å². The first-order valence-electron chi connectivity index (χ1n) is 11.3. The summed E-state index contributed by atoms with van der Waals surface area (Å²) in [5.74, 6) is -0.531. The molecule has 1 aliphatic heterocycles. The maximum absolute atomic E-state index is 14.5. The standard InChI is InChI=1S/C23H32F4N4O3Si/c1-29(2)6-7-34-20-11-17-14-30(13-16(17)10-18(20)24)19-12-28-31(15-33-8-9-35(3,4)5)22(32)21(19)23(25,26)27/h10-12H,6-9,13-15H2,1-5H3. The number of hydrogen-bond donors (Lipinski definition) is 0. The zero-order chi connectivity index (χ0) is 26.0. The van der Waals surface area contributed by atoms with E-state index in [9.17, 15) is 22.4 Å². The van der Waals surface area contributed by atoms with Gasteiger partial charge in [-0.25, -0.2) is 9.07 Å². The van der Waals surface area contributed by atoms with Gasteiger partial charge in [-0.2, -0.15) is 18.3 Å². The highest BCUT2D eigenvalue weighted by Gasteiger charge is 2.40. The molecule has 7 nitrogen and oxygen atoms in total. The van der Waals surface area contributed by atoms with Crippen LogP contribution in [0.25, 0.3) is 0 Å². The molecule has 0 aliphatic carbocycles. The first-order chi connectivity index (χ1) is 16.3. The van der Waals surface area contributed by atoms with Crippen molar-refractivity contribution in [2.75, 3.05) is 38.8 Å². The Morgan fingerprint density at radius 1 is 1.11 bits per heavy atom. The van der Waals surface area contributed by atoms with Crippen LogP contribution in [-0.2, 0) is 30.7 Å². The number of ether oxygens (including phenoxy) is 2. The molecule has 0 saturated heterocycles. The van der Waals surface area contributed by atoms with Crippen molar-refractivity contribution >= 4 is 13.8 Å². The largest absolute Gasteiger partial charge is 0.489 e. The van der Waals surface area contributed by atoms with E-state index in [-0.39, 0.29) is 37.9 Å². The van der Waals surface area contributed by atoms with Crippen LogP contribution in [0.5, 0.6) is 5.75 Å². The van der Waals surface area contributed by atoms with Crippen LogP contribution in [0.15, 0.2) is 23.1 Å². The average Bonchev–Trinajstić information content (AvgIpc) is 3.12. The second-order valence-corrected chi connectivity index (χ2v) is 15.7. The molecule has 0 bridgehead atoms. The lowest BCUT2D eigenvalue weighted by atomic mass is 10.1. The molecule has 1 aliphatic rings. The lowest BCUT2D eigenvalue weighted by Crippen LogP contribution is -2.34. The topological polar surface area (TPSA) is 59.8 Å². The van der Waals surface area contributed by atoms with Gasteiger partial charge < -0.3 is 19.3 Å². The fourth-order valence-corrected chi connectivity index (χ4v) is 4.38. The third kappa shape index (κ3) is 7.04. The highest BCUT2D eigenvalue weighted by Crippen LogP contribution is 2.38. The summed E-state index contributed by atoms with van der Waals surface area (Å²) in [5.41, 5.74) is -1.74. The van der Waals surface area contributed by atoms with Gasteiger partial charge in [-0.1, -0.05) is 19.6 Å². The van der Waals surface area contributed by atoms with Crippen LogP contribution in [-0.4, -0.2) is 56.6 Å². The van der Waals surface area contributed by atoms with Gasteiger partial charge in [0, 0.05) is 34.3 Å². The molecule has 0 amide bonds. The Hall–Kier alpha value is -2.44. The number of hydrogen-bond acceptors (Lipinski definition) is 6. The van der Waals surface area contributed by atoms with Crippen LogP contribution in [0.3, 0.4) is 0 Å². The Balaban J connectivity index is 1.81. The third-order valence-corrected chi connectivity index (χ3v) is 7.33. The molecule has 1 aromatic carbocycles. The molecular weight excluding hydrogens is 484 g/mol. The smallest absolute Gasteiger partial charge is 0.423 e. The quantitative estimate of drug-likeness (QED) is 0.268. The SMILES string of the molecule is CN(C)CCOc1cc2c(cc1F)CN(c1cnn(COCC[Si](C)(C)C)c(=O)c1C(F)(F)F)C2. The van der Waals surface area contributed by atoms with Gasteiger partial charge in [0.05, 0.1) is 11.9 Å². The molecule has 2 heterocycles. The zero-order valence-electron chi connectivity index (χ0n) is 20.7. The van der Waals surface area contributed by atoms with Gasteiger partial charge in [0.15, 0.2) is 11.6 Å². The number of likely N-dealkylation sites (N-methyl/N-ethyl adjacent to an activating group) is 1. The lowest BCUT2D eigenvalue weighted by Gasteiger charge is -2.22. The molecule has 0 radical (unpaired) electrons. The number of aromatic nitrogens is 2. The van der Waals surface area contributed by atoms with E-state index in [1.54, 1.807) is 0 Å². The molecule has 0 N–H and O–H groups in total. The van der Waals surface area contributed by atoms with Crippen molar-refractivity contribution in [3.63, 3.8) is 0 Å². The van der Waals surface area contributed by atoms with Crippen LogP contribution < -0.4 is 15.2 Å². The number of nitrogens with zero attached hydrogens (tertiary/aromatic N) is 4. The molecule has 0 atom stereocenters. The molecule has 2 aromatic rings. The molecule has 3 rings (SSSR count). The van der Waals surface area contributed by atoms with Crippen molar-refractivity contribution in [2.45, 2.75) is 51.7 Å². The molecule has 0 spiro atoms. The monoisotopic (exact) mass is 516 g/mol. The number of rotatable bonds is 10. The predicted octanol–water partition coefficient (Wildman–Crippen LogP) is 4.17. The van der Waals surface area contributed by atoms with Gasteiger partial charge in [-0.3, -0.25) is 4.79 Å².